The molecule has 0 saturated carbocycles. The van der Waals surface area contributed by atoms with Gasteiger partial charge in [0.1, 0.15) is 17.0 Å². The van der Waals surface area contributed by atoms with Crippen molar-refractivity contribution in [3.05, 3.63) is 41.7 Å². The first-order chi connectivity index (χ1) is 8.65. The molecule has 2 rings (SSSR count). The molecule has 2 aromatic rings. The Morgan fingerprint density at radius 2 is 2.28 bits per heavy atom. The zero-order chi connectivity index (χ0) is 13.0. The Labute approximate surface area is 110 Å². The van der Waals surface area contributed by atoms with Crippen molar-refractivity contribution >= 4 is 23.2 Å². The fraction of sp³-hybridized carbons (Fsp3) is 0.182. The molecule has 2 heterocycles. The van der Waals surface area contributed by atoms with Gasteiger partial charge in [-0.1, -0.05) is 12.2 Å². The van der Waals surface area contributed by atoms with Crippen LogP contribution >= 0.6 is 12.2 Å². The maximum atomic E-state index is 5.55. The van der Waals surface area contributed by atoms with Gasteiger partial charge in [0.25, 0.3) is 0 Å². The first-order valence-corrected chi connectivity index (χ1v) is 5.70. The number of nitrogens with one attached hydrogen (secondary N) is 1. The van der Waals surface area contributed by atoms with E-state index in [0.717, 1.165) is 11.4 Å². The fourth-order valence-electron chi connectivity index (χ4n) is 1.37. The Morgan fingerprint density at radius 1 is 1.44 bits per heavy atom. The van der Waals surface area contributed by atoms with Crippen molar-refractivity contribution in [1.29, 1.82) is 0 Å². The van der Waals surface area contributed by atoms with Crippen LogP contribution in [-0.2, 0) is 6.54 Å². The Morgan fingerprint density at radius 3 is 2.94 bits per heavy atom. The van der Waals surface area contributed by atoms with Gasteiger partial charge in [-0.25, -0.2) is 19.9 Å². The van der Waals surface area contributed by atoms with Gasteiger partial charge < -0.3 is 11.1 Å². The molecule has 7 heteroatoms. The van der Waals surface area contributed by atoms with Crippen LogP contribution in [0.3, 0.4) is 0 Å². The molecule has 2 aromatic heterocycles. The van der Waals surface area contributed by atoms with Crippen LogP contribution in [0.1, 0.15) is 17.1 Å². The molecule has 3 N–H and O–H groups in total. The van der Waals surface area contributed by atoms with Crippen LogP contribution in [0.2, 0.25) is 0 Å². The fourth-order valence-corrected chi connectivity index (χ4v) is 1.47. The van der Waals surface area contributed by atoms with E-state index in [2.05, 4.69) is 25.3 Å². The van der Waals surface area contributed by atoms with Gasteiger partial charge in [0.15, 0.2) is 0 Å². The average Bonchev–Trinajstić information content (AvgIpc) is 2.37. The monoisotopic (exact) mass is 260 g/mol. The lowest BCUT2D eigenvalue weighted by Gasteiger charge is -2.06. The van der Waals surface area contributed by atoms with Gasteiger partial charge in [0.05, 0.1) is 12.2 Å². The highest BCUT2D eigenvalue weighted by Crippen LogP contribution is 2.06. The number of nitrogens with zero attached hydrogens (tertiary/aromatic N) is 4. The summed E-state index contributed by atoms with van der Waals surface area (Å²) in [5.74, 6) is 0.483. The highest BCUT2D eigenvalue weighted by molar-refractivity contribution is 7.80. The smallest absolute Gasteiger partial charge is 0.223 e. The molecule has 6 nitrogen and oxygen atoms in total. The SMILES string of the molecule is Cc1cc(C(N)=S)nc(NCc2ccncn2)n1. The Hall–Kier alpha value is -2.15. The molecule has 0 aliphatic heterocycles. The van der Waals surface area contributed by atoms with Gasteiger partial charge in [-0.3, -0.25) is 0 Å². The molecular weight excluding hydrogens is 248 g/mol. The van der Waals surface area contributed by atoms with Crippen molar-refractivity contribution < 1.29 is 0 Å². The Bertz CT molecular complexity index is 557. The van der Waals surface area contributed by atoms with E-state index >= 15 is 0 Å². The summed E-state index contributed by atoms with van der Waals surface area (Å²) in [6.45, 7) is 2.38. The maximum absolute atomic E-state index is 5.55. The topological polar surface area (TPSA) is 89.6 Å². The summed E-state index contributed by atoms with van der Waals surface area (Å²) in [7, 11) is 0. The van der Waals surface area contributed by atoms with Crippen molar-refractivity contribution in [2.45, 2.75) is 13.5 Å². The predicted molar refractivity (Wildman–Crippen MR) is 72.0 cm³/mol. The number of rotatable bonds is 4. The molecular formula is C11H12N6S. The van der Waals surface area contributed by atoms with Crippen molar-refractivity contribution in [2.75, 3.05) is 5.32 Å². The Balaban J connectivity index is 2.12. The summed E-state index contributed by atoms with van der Waals surface area (Å²) < 4.78 is 0. The normalized spacial score (nSPS) is 10.1. The van der Waals surface area contributed by atoms with E-state index in [-0.39, 0.29) is 4.99 Å². The first-order valence-electron chi connectivity index (χ1n) is 5.29. The lowest BCUT2D eigenvalue weighted by atomic mass is 10.3. The van der Waals surface area contributed by atoms with Crippen molar-refractivity contribution in [1.82, 2.24) is 19.9 Å². The van der Waals surface area contributed by atoms with Crippen LogP contribution in [0.5, 0.6) is 0 Å². The van der Waals surface area contributed by atoms with E-state index in [9.17, 15) is 0 Å². The summed E-state index contributed by atoms with van der Waals surface area (Å²) in [5.41, 5.74) is 7.77. The van der Waals surface area contributed by atoms with E-state index in [0.29, 0.717) is 18.2 Å². The van der Waals surface area contributed by atoms with Crippen LogP contribution in [0, 0.1) is 6.92 Å². The third-order valence-electron chi connectivity index (χ3n) is 2.18. The van der Waals surface area contributed by atoms with Crippen molar-refractivity contribution in [2.24, 2.45) is 5.73 Å². The summed E-state index contributed by atoms with van der Waals surface area (Å²) in [6.07, 6.45) is 3.18. The van der Waals surface area contributed by atoms with Crippen LogP contribution in [0.4, 0.5) is 5.95 Å². The number of hydrogen-bond acceptors (Lipinski definition) is 6. The second-order valence-corrected chi connectivity index (χ2v) is 4.08. The number of hydrogen-bond donors (Lipinski definition) is 2. The molecule has 0 atom stereocenters. The number of anilines is 1. The molecule has 0 spiro atoms. The molecule has 0 radical (unpaired) electrons. The number of aromatic nitrogens is 4. The quantitative estimate of drug-likeness (QED) is 0.786. The zero-order valence-electron chi connectivity index (χ0n) is 9.79. The molecule has 0 amide bonds. The third kappa shape index (κ3) is 3.17. The van der Waals surface area contributed by atoms with Gasteiger partial charge in [-0.15, -0.1) is 0 Å². The first kappa shape index (κ1) is 12.3. The van der Waals surface area contributed by atoms with Crippen molar-refractivity contribution in [3.8, 4) is 0 Å². The molecule has 0 unspecified atom stereocenters. The molecule has 0 aliphatic carbocycles. The second-order valence-electron chi connectivity index (χ2n) is 3.64. The van der Waals surface area contributed by atoms with Gasteiger partial charge in [-0.2, -0.15) is 0 Å². The predicted octanol–water partition coefficient (Wildman–Crippen LogP) is 0.821. The van der Waals surface area contributed by atoms with Crippen LogP contribution in [0.25, 0.3) is 0 Å². The largest absolute Gasteiger partial charge is 0.388 e. The minimum atomic E-state index is 0.255. The number of nitrogens with two attached hydrogens (primary N) is 1. The zero-order valence-corrected chi connectivity index (χ0v) is 10.6. The molecule has 0 fully saturated rings. The van der Waals surface area contributed by atoms with Gasteiger partial charge in [0, 0.05) is 11.9 Å². The third-order valence-corrected chi connectivity index (χ3v) is 2.39. The molecule has 0 saturated heterocycles. The van der Waals surface area contributed by atoms with Gasteiger partial charge >= 0.3 is 0 Å². The van der Waals surface area contributed by atoms with E-state index in [1.165, 1.54) is 6.33 Å². The van der Waals surface area contributed by atoms with E-state index in [1.54, 1.807) is 12.3 Å². The highest BCUT2D eigenvalue weighted by atomic mass is 32.1. The maximum Gasteiger partial charge on any atom is 0.223 e. The molecule has 0 aliphatic rings. The lowest BCUT2D eigenvalue weighted by Crippen LogP contribution is -2.15. The standard InChI is InChI=1S/C11H12N6S/c1-7-4-9(10(12)18)17-11(16-7)14-5-8-2-3-13-6-15-8/h2-4,6H,5H2,1H3,(H2,12,18)(H,14,16,17). The highest BCUT2D eigenvalue weighted by Gasteiger charge is 2.04. The summed E-state index contributed by atoms with van der Waals surface area (Å²) in [5, 5.41) is 3.07. The van der Waals surface area contributed by atoms with Gasteiger partial charge in [0.2, 0.25) is 5.95 Å². The van der Waals surface area contributed by atoms with E-state index in [4.69, 9.17) is 18.0 Å². The molecule has 18 heavy (non-hydrogen) atoms. The minimum Gasteiger partial charge on any atom is -0.388 e. The van der Waals surface area contributed by atoms with Crippen LogP contribution in [0.15, 0.2) is 24.7 Å². The lowest BCUT2D eigenvalue weighted by molar-refractivity contribution is 0.968. The van der Waals surface area contributed by atoms with Gasteiger partial charge in [-0.05, 0) is 19.1 Å². The molecule has 0 bridgehead atoms. The molecule has 0 aromatic carbocycles. The summed E-state index contributed by atoms with van der Waals surface area (Å²) >= 11 is 4.90. The second kappa shape index (κ2) is 5.46. The Kier molecular flexibility index (Phi) is 3.73. The number of thiocarbonyl (C=S) groups is 1. The molecule has 92 valence electrons. The summed E-state index contributed by atoms with van der Waals surface area (Å²) in [4.78, 5) is 16.7. The van der Waals surface area contributed by atoms with Crippen LogP contribution in [-0.4, -0.2) is 24.9 Å². The average molecular weight is 260 g/mol. The van der Waals surface area contributed by atoms with Crippen molar-refractivity contribution in [3.63, 3.8) is 0 Å². The minimum absolute atomic E-state index is 0.255. The van der Waals surface area contributed by atoms with Crippen LogP contribution < -0.4 is 11.1 Å². The van der Waals surface area contributed by atoms with E-state index < -0.39 is 0 Å². The summed E-state index contributed by atoms with van der Waals surface area (Å²) in [6, 6.07) is 3.56. The number of aryl methyl sites for hydroxylation is 1. The van der Waals surface area contributed by atoms with E-state index in [1.807, 2.05) is 13.0 Å².